The van der Waals surface area contributed by atoms with Crippen LogP contribution in [-0.4, -0.2) is 4.40 Å². The maximum absolute atomic E-state index is 2.28. The van der Waals surface area contributed by atoms with Crippen molar-refractivity contribution < 1.29 is 19.4 Å². The van der Waals surface area contributed by atoms with Crippen LogP contribution in [0.2, 0.25) is 0 Å². The minimum absolute atomic E-state index is 0.244. The summed E-state index contributed by atoms with van der Waals surface area (Å²) in [5, 5.41) is 0. The van der Waals surface area contributed by atoms with E-state index in [4.69, 9.17) is 0 Å². The van der Waals surface area contributed by atoms with Crippen molar-refractivity contribution >= 4 is 4.40 Å². The van der Waals surface area contributed by atoms with Crippen molar-refractivity contribution in [2.45, 2.75) is 41.5 Å². The summed E-state index contributed by atoms with van der Waals surface area (Å²) < 4.78 is 2.19. The van der Waals surface area contributed by atoms with Gasteiger partial charge in [0.2, 0.25) is 0 Å². The van der Waals surface area contributed by atoms with Gasteiger partial charge < -0.3 is 0 Å². The second-order valence-corrected chi connectivity index (χ2v) is 6.69. The fourth-order valence-electron chi connectivity index (χ4n) is 0.969. The summed E-state index contributed by atoms with van der Waals surface area (Å²) in [5.41, 5.74) is 1.92. The first-order chi connectivity index (χ1) is 6.17. The number of hydrogen-bond donors (Lipinski definition) is 0. The Kier molecular flexibility index (Phi) is 5.23. The Balaban J connectivity index is 4.83. The summed E-state index contributed by atoms with van der Waals surface area (Å²) in [6, 6.07) is 0. The molecule has 0 aliphatic carbocycles. The summed E-state index contributed by atoms with van der Waals surface area (Å²) >= 11 is 1.51. The third kappa shape index (κ3) is 6.49. The van der Waals surface area contributed by atoms with Crippen molar-refractivity contribution in [2.24, 2.45) is 10.8 Å². The Hall–Kier alpha value is 0.0383. The first kappa shape index (κ1) is 14.0. The quantitative estimate of drug-likeness (QED) is 0.654. The molecule has 80 valence electrons. The molecule has 0 aromatic rings. The average Bonchev–Trinajstić information content (AvgIpc) is 1.93. The van der Waals surface area contributed by atoms with E-state index >= 15 is 0 Å². The maximum atomic E-state index is 2.28. The first-order valence-electron chi connectivity index (χ1n) is 5.02. The van der Waals surface area contributed by atoms with Gasteiger partial charge in [0.05, 0.1) is 0 Å². The van der Waals surface area contributed by atoms with Crippen molar-refractivity contribution in [3.05, 3.63) is 23.8 Å². The molecule has 14 heavy (non-hydrogen) atoms. The molecule has 0 unspecified atom stereocenters. The second kappa shape index (κ2) is 5.21. The monoisotopic (exact) mass is 362 g/mol. The molecule has 0 atom stereocenters. The van der Waals surface area contributed by atoms with Crippen LogP contribution in [0.25, 0.3) is 0 Å². The van der Waals surface area contributed by atoms with Crippen LogP contribution in [0.3, 0.4) is 0 Å². The Labute approximate surface area is 99.9 Å². The van der Waals surface area contributed by atoms with Crippen molar-refractivity contribution in [1.82, 2.24) is 0 Å². The number of hydrogen-bond acceptors (Lipinski definition) is 0. The molecule has 0 radical (unpaired) electrons. The normalized spacial score (nSPS) is 14.9. The van der Waals surface area contributed by atoms with E-state index in [0.29, 0.717) is 0 Å². The predicted molar refractivity (Wildman–Crippen MR) is 62.2 cm³/mol. The molecular formula is C13H22W. The Morgan fingerprint density at radius 3 is 1.79 bits per heavy atom. The number of rotatable bonds is 2. The van der Waals surface area contributed by atoms with Crippen molar-refractivity contribution in [1.29, 1.82) is 0 Å². The van der Waals surface area contributed by atoms with Crippen LogP contribution >= 0.6 is 0 Å². The molecule has 0 bridgehead atoms. The zero-order chi connectivity index (χ0) is 11.4. The van der Waals surface area contributed by atoms with E-state index < -0.39 is 0 Å². The zero-order valence-electron chi connectivity index (χ0n) is 10.2. The molecular weight excluding hydrogens is 340 g/mol. The van der Waals surface area contributed by atoms with Gasteiger partial charge in [-0.3, -0.25) is 0 Å². The van der Waals surface area contributed by atoms with E-state index in [0.717, 1.165) is 0 Å². The minimum atomic E-state index is 0.244. The van der Waals surface area contributed by atoms with Crippen molar-refractivity contribution in [3.63, 3.8) is 0 Å². The average molecular weight is 362 g/mol. The summed E-state index contributed by atoms with van der Waals surface area (Å²) in [6.07, 6.45) is 6.78. The summed E-state index contributed by atoms with van der Waals surface area (Å²) in [6.45, 7) is 13.4. The molecule has 0 fully saturated rings. The molecule has 0 aliphatic heterocycles. The van der Waals surface area contributed by atoms with Crippen LogP contribution in [0, 0.1) is 10.8 Å². The van der Waals surface area contributed by atoms with Crippen LogP contribution in [0.4, 0.5) is 0 Å². The van der Waals surface area contributed by atoms with Crippen LogP contribution in [0.1, 0.15) is 41.5 Å². The van der Waals surface area contributed by atoms with E-state index in [1.165, 1.54) is 24.9 Å². The van der Waals surface area contributed by atoms with E-state index in [-0.39, 0.29) is 10.8 Å². The molecule has 0 spiro atoms. The molecule has 0 nitrogen and oxygen atoms in total. The van der Waals surface area contributed by atoms with E-state index in [1.54, 1.807) is 0 Å². The van der Waals surface area contributed by atoms with Crippen LogP contribution in [0.15, 0.2) is 23.8 Å². The molecule has 0 aliphatic rings. The van der Waals surface area contributed by atoms with E-state index in [2.05, 4.69) is 64.2 Å². The van der Waals surface area contributed by atoms with Gasteiger partial charge in [-0.2, -0.15) is 0 Å². The van der Waals surface area contributed by atoms with Gasteiger partial charge in [0, 0.05) is 0 Å². The fraction of sp³-hybridized carbons (Fsp3) is 0.615. The topological polar surface area (TPSA) is 0 Å². The molecule has 0 saturated carbocycles. The van der Waals surface area contributed by atoms with Gasteiger partial charge in [0.15, 0.2) is 0 Å². The first-order valence-corrected chi connectivity index (χ1v) is 6.71. The molecule has 0 amide bonds. The molecule has 0 N–H and O–H groups in total. The fourth-order valence-corrected chi connectivity index (χ4v) is 1.50. The molecule has 0 rings (SSSR count). The van der Waals surface area contributed by atoms with E-state index in [9.17, 15) is 0 Å². The van der Waals surface area contributed by atoms with Gasteiger partial charge in [-0.1, -0.05) is 0 Å². The van der Waals surface area contributed by atoms with Crippen LogP contribution in [-0.2, 0) is 19.4 Å². The zero-order valence-corrected chi connectivity index (χ0v) is 13.2. The van der Waals surface area contributed by atoms with Crippen molar-refractivity contribution in [3.8, 4) is 0 Å². The second-order valence-electron chi connectivity index (χ2n) is 5.71. The van der Waals surface area contributed by atoms with Gasteiger partial charge in [-0.25, -0.2) is 0 Å². The van der Waals surface area contributed by atoms with Crippen LogP contribution in [0.5, 0.6) is 0 Å². The third-order valence-corrected chi connectivity index (χ3v) is 2.37. The Morgan fingerprint density at radius 2 is 1.50 bits per heavy atom. The summed E-state index contributed by atoms with van der Waals surface area (Å²) in [7, 11) is 0. The Bertz CT molecular complexity index is 243. The van der Waals surface area contributed by atoms with Gasteiger partial charge in [0.1, 0.15) is 0 Å². The summed E-state index contributed by atoms with van der Waals surface area (Å²) in [4.78, 5) is 0. The van der Waals surface area contributed by atoms with Gasteiger partial charge in [0.25, 0.3) is 0 Å². The predicted octanol–water partition coefficient (Wildman–Crippen LogP) is 3.91. The van der Waals surface area contributed by atoms with Gasteiger partial charge >= 0.3 is 99.9 Å². The molecule has 0 saturated heterocycles. The van der Waals surface area contributed by atoms with Crippen molar-refractivity contribution in [2.75, 3.05) is 0 Å². The summed E-state index contributed by atoms with van der Waals surface area (Å²) in [5.74, 6) is 0. The molecule has 1 heteroatoms. The van der Waals surface area contributed by atoms with E-state index in [1.807, 2.05) is 0 Å². The Morgan fingerprint density at radius 1 is 1.00 bits per heavy atom. The standard InChI is InChI=1S/C13H22.W/c1-8-11(13(5,6)7)9-10-12(2,3)4;/h1,8-10H,2-7H3;/b10-9?,11-8+;. The van der Waals surface area contributed by atoms with Gasteiger partial charge in [-0.15, -0.1) is 0 Å². The SMILES string of the molecule is CC(C)(C)C=C/C(=C\[CH]=[W])C(C)(C)C. The molecule has 0 aromatic heterocycles. The molecule has 0 aromatic carbocycles. The molecule has 0 heterocycles. The van der Waals surface area contributed by atoms with Gasteiger partial charge in [-0.05, 0) is 0 Å². The van der Waals surface area contributed by atoms with Crippen LogP contribution < -0.4 is 0 Å². The number of allylic oxidation sites excluding steroid dienone is 4. The third-order valence-electron chi connectivity index (χ3n) is 1.88.